The summed E-state index contributed by atoms with van der Waals surface area (Å²) < 4.78 is 5.74. The van der Waals surface area contributed by atoms with Crippen molar-refractivity contribution < 1.29 is 14.3 Å². The van der Waals surface area contributed by atoms with E-state index >= 15 is 0 Å². The van der Waals surface area contributed by atoms with Gasteiger partial charge in [0.25, 0.3) is 0 Å². The summed E-state index contributed by atoms with van der Waals surface area (Å²) in [6.45, 7) is 5.59. The molecule has 2 N–H and O–H groups in total. The smallest absolute Gasteiger partial charge is 0.222 e. The van der Waals surface area contributed by atoms with E-state index in [9.17, 15) is 9.59 Å². The van der Waals surface area contributed by atoms with Crippen LogP contribution in [0.15, 0.2) is 0 Å². The Morgan fingerprint density at radius 2 is 1.86 bits per heavy atom. The van der Waals surface area contributed by atoms with Gasteiger partial charge in [-0.3, -0.25) is 9.59 Å². The van der Waals surface area contributed by atoms with Crippen LogP contribution in [-0.4, -0.2) is 61.6 Å². The molecule has 0 bridgehead atoms. The monoisotopic (exact) mass is 297 g/mol. The first-order chi connectivity index (χ1) is 10.1. The van der Waals surface area contributed by atoms with E-state index in [0.29, 0.717) is 19.1 Å². The van der Waals surface area contributed by atoms with Crippen LogP contribution in [0.1, 0.15) is 39.0 Å². The average molecular weight is 297 g/mol. The number of rotatable bonds is 5. The Kier molecular flexibility index (Phi) is 6.45. The standard InChI is InChI=1S/C15H27N3O3/c1-12(19)18-9-4-13(5-10-18)17-15(20)6-11-21-14-2-7-16-8-3-14/h13-14,16H,2-11H2,1H3,(H,17,20). The Bertz CT molecular complexity index is 348. The van der Waals surface area contributed by atoms with E-state index in [-0.39, 0.29) is 17.9 Å². The number of carbonyl (C=O) groups excluding carboxylic acids is 2. The largest absolute Gasteiger partial charge is 0.378 e. The van der Waals surface area contributed by atoms with Gasteiger partial charge in [-0.15, -0.1) is 0 Å². The molecule has 0 unspecified atom stereocenters. The second-order valence-corrected chi connectivity index (χ2v) is 5.92. The molecule has 0 radical (unpaired) electrons. The van der Waals surface area contributed by atoms with Crippen LogP contribution in [0.25, 0.3) is 0 Å². The first-order valence-electron chi connectivity index (χ1n) is 8.02. The van der Waals surface area contributed by atoms with Crippen molar-refractivity contribution in [3.05, 3.63) is 0 Å². The maximum Gasteiger partial charge on any atom is 0.222 e. The molecule has 21 heavy (non-hydrogen) atoms. The van der Waals surface area contributed by atoms with Crippen molar-refractivity contribution in [2.75, 3.05) is 32.8 Å². The van der Waals surface area contributed by atoms with Gasteiger partial charge in [0.2, 0.25) is 11.8 Å². The molecule has 2 saturated heterocycles. The Morgan fingerprint density at radius 3 is 2.48 bits per heavy atom. The van der Waals surface area contributed by atoms with Gasteiger partial charge in [-0.1, -0.05) is 0 Å². The van der Waals surface area contributed by atoms with Crippen molar-refractivity contribution in [2.45, 2.75) is 51.2 Å². The molecule has 2 rings (SSSR count). The molecule has 0 atom stereocenters. The van der Waals surface area contributed by atoms with Gasteiger partial charge < -0.3 is 20.3 Å². The Labute approximate surface area is 126 Å². The van der Waals surface area contributed by atoms with E-state index in [1.54, 1.807) is 6.92 Å². The highest BCUT2D eigenvalue weighted by Gasteiger charge is 2.22. The summed E-state index contributed by atoms with van der Waals surface area (Å²) in [5, 5.41) is 6.34. The zero-order valence-corrected chi connectivity index (χ0v) is 12.9. The zero-order chi connectivity index (χ0) is 15.1. The second kappa shape index (κ2) is 8.34. The number of nitrogens with zero attached hydrogens (tertiary/aromatic N) is 1. The molecule has 0 aromatic heterocycles. The lowest BCUT2D eigenvalue weighted by atomic mass is 10.0. The fraction of sp³-hybridized carbons (Fsp3) is 0.867. The van der Waals surface area contributed by atoms with Crippen LogP contribution in [0, 0.1) is 0 Å². The third kappa shape index (κ3) is 5.63. The van der Waals surface area contributed by atoms with Crippen molar-refractivity contribution >= 4 is 11.8 Å². The third-order valence-corrected chi connectivity index (χ3v) is 4.27. The molecule has 6 heteroatoms. The van der Waals surface area contributed by atoms with E-state index in [1.807, 2.05) is 4.90 Å². The number of piperidine rings is 2. The zero-order valence-electron chi connectivity index (χ0n) is 12.9. The number of ether oxygens (including phenoxy) is 1. The summed E-state index contributed by atoms with van der Waals surface area (Å²) in [6, 6.07) is 0.201. The maximum absolute atomic E-state index is 11.9. The van der Waals surface area contributed by atoms with E-state index in [0.717, 1.165) is 51.9 Å². The van der Waals surface area contributed by atoms with Gasteiger partial charge in [-0.05, 0) is 38.8 Å². The molecule has 0 saturated carbocycles. The summed E-state index contributed by atoms with van der Waals surface area (Å²) >= 11 is 0. The Hall–Kier alpha value is -1.14. The molecule has 2 amide bonds. The lowest BCUT2D eigenvalue weighted by molar-refractivity contribution is -0.130. The molecule has 6 nitrogen and oxygen atoms in total. The number of amides is 2. The van der Waals surface area contributed by atoms with Gasteiger partial charge in [0.05, 0.1) is 12.7 Å². The maximum atomic E-state index is 11.9. The molecular formula is C15H27N3O3. The van der Waals surface area contributed by atoms with Crippen molar-refractivity contribution in [1.29, 1.82) is 0 Å². The minimum Gasteiger partial charge on any atom is -0.378 e. The molecule has 2 aliphatic rings. The van der Waals surface area contributed by atoms with Crippen molar-refractivity contribution in [3.8, 4) is 0 Å². The molecule has 0 aromatic carbocycles. The summed E-state index contributed by atoms with van der Waals surface area (Å²) in [6.07, 6.45) is 4.49. The molecule has 0 spiro atoms. The lowest BCUT2D eigenvalue weighted by Crippen LogP contribution is -2.46. The Morgan fingerprint density at radius 1 is 1.19 bits per heavy atom. The predicted octanol–water partition coefficient (Wildman–Crippen LogP) is 0.272. The SMILES string of the molecule is CC(=O)N1CCC(NC(=O)CCOC2CCNCC2)CC1. The van der Waals surface area contributed by atoms with Crippen LogP contribution in [0.3, 0.4) is 0 Å². The van der Waals surface area contributed by atoms with Gasteiger partial charge >= 0.3 is 0 Å². The summed E-state index contributed by atoms with van der Waals surface area (Å²) in [4.78, 5) is 25.0. The van der Waals surface area contributed by atoms with Gasteiger partial charge in [-0.2, -0.15) is 0 Å². The highest BCUT2D eigenvalue weighted by atomic mass is 16.5. The molecule has 0 aromatic rings. The van der Waals surface area contributed by atoms with Crippen LogP contribution in [0.4, 0.5) is 0 Å². The van der Waals surface area contributed by atoms with Crippen molar-refractivity contribution in [1.82, 2.24) is 15.5 Å². The van der Waals surface area contributed by atoms with Crippen molar-refractivity contribution in [3.63, 3.8) is 0 Å². The molecule has 2 aliphatic heterocycles. The summed E-state index contributed by atoms with van der Waals surface area (Å²) in [5.74, 6) is 0.181. The highest BCUT2D eigenvalue weighted by Crippen LogP contribution is 2.11. The number of carbonyl (C=O) groups is 2. The lowest BCUT2D eigenvalue weighted by Gasteiger charge is -2.31. The molecule has 2 fully saturated rings. The molecular weight excluding hydrogens is 270 g/mol. The number of hydrogen-bond acceptors (Lipinski definition) is 4. The minimum atomic E-state index is 0.0604. The number of hydrogen-bond donors (Lipinski definition) is 2. The number of nitrogens with one attached hydrogen (secondary N) is 2. The average Bonchev–Trinajstić information content (AvgIpc) is 2.49. The normalized spacial score (nSPS) is 21.3. The molecule has 0 aliphatic carbocycles. The second-order valence-electron chi connectivity index (χ2n) is 5.92. The summed E-state index contributed by atoms with van der Waals surface area (Å²) in [5.41, 5.74) is 0. The van der Waals surface area contributed by atoms with E-state index < -0.39 is 0 Å². The van der Waals surface area contributed by atoms with Crippen LogP contribution in [0.2, 0.25) is 0 Å². The topological polar surface area (TPSA) is 70.7 Å². The van der Waals surface area contributed by atoms with Crippen LogP contribution in [0.5, 0.6) is 0 Å². The first-order valence-corrected chi connectivity index (χ1v) is 8.02. The van der Waals surface area contributed by atoms with Gasteiger partial charge in [-0.25, -0.2) is 0 Å². The van der Waals surface area contributed by atoms with E-state index in [2.05, 4.69) is 10.6 Å². The van der Waals surface area contributed by atoms with Gasteiger partial charge in [0.1, 0.15) is 0 Å². The van der Waals surface area contributed by atoms with E-state index in [1.165, 1.54) is 0 Å². The van der Waals surface area contributed by atoms with Crippen LogP contribution >= 0.6 is 0 Å². The molecule has 120 valence electrons. The highest BCUT2D eigenvalue weighted by molar-refractivity contribution is 5.76. The Balaban J connectivity index is 1.56. The summed E-state index contributed by atoms with van der Waals surface area (Å²) in [7, 11) is 0. The van der Waals surface area contributed by atoms with Gasteiger partial charge in [0.15, 0.2) is 0 Å². The third-order valence-electron chi connectivity index (χ3n) is 4.27. The van der Waals surface area contributed by atoms with Gasteiger partial charge in [0, 0.05) is 32.5 Å². The van der Waals surface area contributed by atoms with Crippen LogP contribution < -0.4 is 10.6 Å². The number of likely N-dealkylation sites (tertiary alicyclic amines) is 1. The van der Waals surface area contributed by atoms with E-state index in [4.69, 9.17) is 4.74 Å². The fourth-order valence-corrected chi connectivity index (χ4v) is 2.92. The van der Waals surface area contributed by atoms with Crippen LogP contribution in [-0.2, 0) is 14.3 Å². The quantitative estimate of drug-likeness (QED) is 0.764. The fourth-order valence-electron chi connectivity index (χ4n) is 2.92. The first kappa shape index (κ1) is 16.2. The van der Waals surface area contributed by atoms with Crippen molar-refractivity contribution in [2.24, 2.45) is 0 Å². The minimum absolute atomic E-state index is 0.0604. The predicted molar refractivity (Wildman–Crippen MR) is 79.9 cm³/mol. The molecule has 2 heterocycles.